The molecule has 0 spiro atoms. The Balaban J connectivity index is 0.00000140. The zero-order valence-corrected chi connectivity index (χ0v) is 18.4. The number of ether oxygens (including phenoxy) is 3. The fraction of sp³-hybridized carbons (Fsp3) is 0.714. The van der Waals surface area contributed by atoms with E-state index in [2.05, 4.69) is 28.0 Å². The van der Waals surface area contributed by atoms with Crippen molar-refractivity contribution in [3.05, 3.63) is 23.8 Å². The smallest absolute Gasteiger partial charge is 0.123 e. The Kier molecular flexibility index (Phi) is 9.64. The van der Waals surface area contributed by atoms with Crippen LogP contribution in [0.2, 0.25) is 0 Å². The summed E-state index contributed by atoms with van der Waals surface area (Å²) in [5.41, 5.74) is 1.25. The lowest BCUT2D eigenvalue weighted by Gasteiger charge is -2.39. The fourth-order valence-corrected chi connectivity index (χ4v) is 4.39. The number of rotatable bonds is 7. The molecule has 4 rings (SSSR count). The van der Waals surface area contributed by atoms with Crippen LogP contribution in [0.15, 0.2) is 18.2 Å². The first-order valence-corrected chi connectivity index (χ1v) is 10.2. The lowest BCUT2D eigenvalue weighted by molar-refractivity contribution is 0.000101. The molecule has 3 aliphatic rings. The van der Waals surface area contributed by atoms with E-state index in [9.17, 15) is 0 Å². The Bertz CT molecular complexity index is 587. The first-order valence-electron chi connectivity index (χ1n) is 10.2. The summed E-state index contributed by atoms with van der Waals surface area (Å²) >= 11 is 0. The van der Waals surface area contributed by atoms with Crippen LogP contribution < -0.4 is 9.47 Å². The van der Waals surface area contributed by atoms with Gasteiger partial charge in [-0.15, -0.1) is 24.8 Å². The maximum atomic E-state index is 6.26. The Morgan fingerprint density at radius 1 is 1.00 bits per heavy atom. The molecule has 2 aliphatic heterocycles. The van der Waals surface area contributed by atoms with Crippen LogP contribution >= 0.6 is 24.8 Å². The van der Waals surface area contributed by atoms with Crippen LogP contribution in [-0.4, -0.2) is 69.0 Å². The van der Waals surface area contributed by atoms with Crippen molar-refractivity contribution in [1.29, 1.82) is 0 Å². The number of hydrogen-bond acceptors (Lipinski definition) is 5. The van der Waals surface area contributed by atoms with E-state index < -0.39 is 0 Å². The highest BCUT2D eigenvalue weighted by Crippen LogP contribution is 2.34. The monoisotopic (exact) mass is 432 g/mol. The first-order chi connectivity index (χ1) is 12.8. The van der Waals surface area contributed by atoms with E-state index in [-0.39, 0.29) is 24.8 Å². The maximum Gasteiger partial charge on any atom is 0.123 e. The number of nitrogens with zero attached hydrogens (tertiary/aromatic N) is 2. The van der Waals surface area contributed by atoms with Gasteiger partial charge in [-0.1, -0.05) is 0 Å². The van der Waals surface area contributed by atoms with Gasteiger partial charge < -0.3 is 14.2 Å². The van der Waals surface area contributed by atoms with Crippen LogP contribution in [0.3, 0.4) is 0 Å². The molecule has 1 aromatic rings. The Morgan fingerprint density at radius 2 is 1.71 bits per heavy atom. The third-order valence-electron chi connectivity index (χ3n) is 5.96. The van der Waals surface area contributed by atoms with Crippen molar-refractivity contribution < 1.29 is 14.2 Å². The SMILES string of the molecule is COc1ccc(O[C@H]2C[C@H](CN3CCOCC3)C2)cc1CN1CCCC1.Cl.Cl. The first kappa shape index (κ1) is 23.6. The van der Waals surface area contributed by atoms with E-state index in [1.54, 1.807) is 7.11 Å². The van der Waals surface area contributed by atoms with Gasteiger partial charge in [0.2, 0.25) is 0 Å². The van der Waals surface area contributed by atoms with Crippen molar-refractivity contribution in [3.8, 4) is 11.5 Å². The molecule has 2 saturated heterocycles. The van der Waals surface area contributed by atoms with Gasteiger partial charge in [-0.05, 0) is 62.9 Å². The van der Waals surface area contributed by atoms with E-state index in [1.807, 2.05) is 0 Å². The van der Waals surface area contributed by atoms with Gasteiger partial charge in [-0.3, -0.25) is 9.80 Å². The summed E-state index contributed by atoms with van der Waals surface area (Å²) in [5.74, 6) is 2.75. The minimum absolute atomic E-state index is 0. The zero-order valence-electron chi connectivity index (χ0n) is 16.8. The Hall–Kier alpha value is -0.720. The molecule has 7 heteroatoms. The van der Waals surface area contributed by atoms with Crippen molar-refractivity contribution in [2.45, 2.75) is 38.3 Å². The van der Waals surface area contributed by atoms with E-state index in [4.69, 9.17) is 14.2 Å². The molecule has 0 amide bonds. The van der Waals surface area contributed by atoms with Gasteiger partial charge in [0.1, 0.15) is 11.5 Å². The molecule has 28 heavy (non-hydrogen) atoms. The lowest BCUT2D eigenvalue weighted by atomic mass is 9.81. The highest BCUT2D eigenvalue weighted by Gasteiger charge is 2.32. The van der Waals surface area contributed by atoms with Crippen molar-refractivity contribution >= 4 is 24.8 Å². The van der Waals surface area contributed by atoms with Gasteiger partial charge in [-0.25, -0.2) is 0 Å². The third-order valence-corrected chi connectivity index (χ3v) is 5.96. The molecule has 0 aromatic heterocycles. The highest BCUT2D eigenvalue weighted by molar-refractivity contribution is 5.85. The largest absolute Gasteiger partial charge is 0.496 e. The lowest BCUT2D eigenvalue weighted by Crippen LogP contribution is -2.45. The minimum atomic E-state index is 0. The molecule has 0 N–H and O–H groups in total. The zero-order chi connectivity index (χ0) is 17.8. The van der Waals surface area contributed by atoms with Crippen LogP contribution in [-0.2, 0) is 11.3 Å². The minimum Gasteiger partial charge on any atom is -0.496 e. The van der Waals surface area contributed by atoms with Crippen LogP contribution in [0.25, 0.3) is 0 Å². The molecule has 1 saturated carbocycles. The van der Waals surface area contributed by atoms with Crippen molar-refractivity contribution in [1.82, 2.24) is 9.80 Å². The fourth-order valence-electron chi connectivity index (χ4n) is 4.39. The summed E-state index contributed by atoms with van der Waals surface area (Å²) in [6.07, 6.45) is 5.33. The van der Waals surface area contributed by atoms with Crippen LogP contribution in [0.1, 0.15) is 31.2 Å². The number of morpholine rings is 1. The van der Waals surface area contributed by atoms with Crippen molar-refractivity contribution in [2.24, 2.45) is 5.92 Å². The molecule has 0 atom stereocenters. The molecular weight excluding hydrogens is 399 g/mol. The van der Waals surface area contributed by atoms with Gasteiger partial charge in [0, 0.05) is 31.7 Å². The summed E-state index contributed by atoms with van der Waals surface area (Å²) in [5, 5.41) is 0. The average Bonchev–Trinajstić information content (AvgIpc) is 3.14. The summed E-state index contributed by atoms with van der Waals surface area (Å²) in [7, 11) is 1.76. The molecule has 2 heterocycles. The number of methoxy groups -OCH3 is 1. The van der Waals surface area contributed by atoms with Crippen LogP contribution in [0.4, 0.5) is 0 Å². The molecular formula is C21H34Cl2N2O3. The molecule has 160 valence electrons. The van der Waals surface area contributed by atoms with E-state index in [0.29, 0.717) is 6.10 Å². The second-order valence-electron chi connectivity index (χ2n) is 7.95. The standard InChI is InChI=1S/C21H32N2O3.2ClH/c1-24-21-5-4-19(14-18(21)16-22-6-2-3-7-22)26-20-12-17(13-20)15-23-8-10-25-11-9-23;;/h4-5,14,17,20H,2-3,6-13,15-16H2,1H3;2*1H/t17-,20-;;. The van der Waals surface area contributed by atoms with Crippen LogP contribution in [0, 0.1) is 5.92 Å². The summed E-state index contributed by atoms with van der Waals surface area (Å²) in [6, 6.07) is 6.30. The summed E-state index contributed by atoms with van der Waals surface area (Å²) in [6.45, 7) is 8.49. The predicted octanol–water partition coefficient (Wildman–Crippen LogP) is 3.62. The van der Waals surface area contributed by atoms with Gasteiger partial charge in [0.25, 0.3) is 0 Å². The predicted molar refractivity (Wildman–Crippen MR) is 116 cm³/mol. The Labute approximate surface area is 181 Å². The molecule has 1 aliphatic carbocycles. The molecule has 5 nitrogen and oxygen atoms in total. The quantitative estimate of drug-likeness (QED) is 0.656. The number of halogens is 2. The number of likely N-dealkylation sites (tertiary alicyclic amines) is 1. The third kappa shape index (κ3) is 6.14. The van der Waals surface area contributed by atoms with E-state index in [1.165, 1.54) is 50.9 Å². The number of benzene rings is 1. The highest BCUT2D eigenvalue weighted by atomic mass is 35.5. The molecule has 0 bridgehead atoms. The topological polar surface area (TPSA) is 34.2 Å². The van der Waals surface area contributed by atoms with E-state index >= 15 is 0 Å². The normalized spacial score (nSPS) is 25.3. The summed E-state index contributed by atoms with van der Waals surface area (Å²) in [4.78, 5) is 5.04. The summed E-state index contributed by atoms with van der Waals surface area (Å²) < 4.78 is 17.2. The maximum absolute atomic E-state index is 6.26. The molecule has 1 aromatic carbocycles. The van der Waals surface area contributed by atoms with Crippen molar-refractivity contribution in [3.63, 3.8) is 0 Å². The van der Waals surface area contributed by atoms with Crippen LogP contribution in [0.5, 0.6) is 11.5 Å². The van der Waals surface area contributed by atoms with Gasteiger partial charge in [-0.2, -0.15) is 0 Å². The second kappa shape index (κ2) is 11.5. The average molecular weight is 433 g/mol. The molecule has 3 fully saturated rings. The van der Waals surface area contributed by atoms with E-state index in [0.717, 1.165) is 50.3 Å². The van der Waals surface area contributed by atoms with Gasteiger partial charge >= 0.3 is 0 Å². The molecule has 0 radical (unpaired) electrons. The Morgan fingerprint density at radius 3 is 2.39 bits per heavy atom. The van der Waals surface area contributed by atoms with Crippen molar-refractivity contribution in [2.75, 3.05) is 53.0 Å². The number of hydrogen-bond donors (Lipinski definition) is 0. The van der Waals surface area contributed by atoms with Gasteiger partial charge in [0.05, 0.1) is 26.4 Å². The molecule has 0 unspecified atom stereocenters. The van der Waals surface area contributed by atoms with Gasteiger partial charge in [0.15, 0.2) is 0 Å². The second-order valence-corrected chi connectivity index (χ2v) is 7.95.